The maximum absolute atomic E-state index is 9.56. The summed E-state index contributed by atoms with van der Waals surface area (Å²) in [4.78, 5) is 9.86. The van der Waals surface area contributed by atoms with Crippen LogP contribution in [0.1, 0.15) is 0 Å². The van der Waals surface area contributed by atoms with Crippen LogP contribution in [-0.2, 0) is 0 Å². The van der Waals surface area contributed by atoms with E-state index in [4.69, 9.17) is 0 Å². The number of nitrogens with zero attached hydrogens (tertiary/aromatic N) is 2. The zero-order chi connectivity index (χ0) is 14.9. The van der Waals surface area contributed by atoms with Gasteiger partial charge in [-0.3, -0.25) is 0 Å². The van der Waals surface area contributed by atoms with Gasteiger partial charge in [0.25, 0.3) is 0 Å². The fourth-order valence-corrected chi connectivity index (χ4v) is 3.99. The molecule has 0 saturated carbocycles. The Balaban J connectivity index is 1.78. The maximum Gasteiger partial charge on any atom is 0.151 e. The lowest BCUT2D eigenvalue weighted by Crippen LogP contribution is -1.93. The Morgan fingerprint density at radius 3 is 2.86 bits per heavy atom. The number of aromatic nitrogens is 2. The quantitative estimate of drug-likeness (QED) is 0.564. The zero-order valence-electron chi connectivity index (χ0n) is 11.4. The third-order valence-electron chi connectivity index (χ3n) is 3.23. The summed E-state index contributed by atoms with van der Waals surface area (Å²) in [6, 6.07) is 11.2. The first-order valence-corrected chi connectivity index (χ1v) is 8.39. The monoisotopic (exact) mass is 325 g/mol. The van der Waals surface area contributed by atoms with Crippen molar-refractivity contribution in [3.63, 3.8) is 0 Å². The van der Waals surface area contributed by atoms with E-state index in [0.29, 0.717) is 0 Å². The first-order chi connectivity index (χ1) is 10.8. The Morgan fingerprint density at radius 1 is 1.09 bits per heavy atom. The molecule has 0 unspecified atom stereocenters. The summed E-state index contributed by atoms with van der Waals surface area (Å²) in [6.07, 6.45) is 1.55. The van der Waals surface area contributed by atoms with Crippen molar-refractivity contribution in [2.24, 2.45) is 0 Å². The number of benzene rings is 1. The predicted octanol–water partition coefficient (Wildman–Crippen LogP) is 4.87. The van der Waals surface area contributed by atoms with Crippen molar-refractivity contribution in [2.75, 3.05) is 5.32 Å². The summed E-state index contributed by atoms with van der Waals surface area (Å²) in [5, 5.41) is 17.0. The van der Waals surface area contributed by atoms with Crippen LogP contribution in [0.4, 0.5) is 11.5 Å². The Kier molecular flexibility index (Phi) is 3.25. The van der Waals surface area contributed by atoms with Crippen LogP contribution >= 0.6 is 22.7 Å². The van der Waals surface area contributed by atoms with Gasteiger partial charge in [-0.05, 0) is 35.0 Å². The molecule has 0 atom stereocenters. The molecule has 0 spiro atoms. The zero-order valence-corrected chi connectivity index (χ0v) is 13.0. The second kappa shape index (κ2) is 5.40. The molecule has 0 aliphatic rings. The van der Waals surface area contributed by atoms with Crippen LogP contribution in [-0.4, -0.2) is 15.1 Å². The lowest BCUT2D eigenvalue weighted by Gasteiger charge is -2.06. The summed E-state index contributed by atoms with van der Waals surface area (Å²) in [5.74, 6) is 0.975. The first-order valence-electron chi connectivity index (χ1n) is 6.63. The SMILES string of the molecule is Oc1cccc(Nc2ncnc3cc(-c4ccsc4)sc23)c1. The molecule has 4 rings (SSSR count). The summed E-state index contributed by atoms with van der Waals surface area (Å²) in [7, 11) is 0. The number of hydrogen-bond donors (Lipinski definition) is 2. The predicted molar refractivity (Wildman–Crippen MR) is 92.1 cm³/mol. The van der Waals surface area contributed by atoms with Crippen LogP contribution in [0.2, 0.25) is 0 Å². The number of thiophene rings is 2. The molecule has 0 aliphatic carbocycles. The van der Waals surface area contributed by atoms with Crippen LogP contribution in [0.5, 0.6) is 5.75 Å². The van der Waals surface area contributed by atoms with Gasteiger partial charge in [-0.2, -0.15) is 11.3 Å². The van der Waals surface area contributed by atoms with Crippen molar-refractivity contribution in [2.45, 2.75) is 0 Å². The molecular weight excluding hydrogens is 314 g/mol. The fraction of sp³-hybridized carbons (Fsp3) is 0. The number of phenols is 1. The molecule has 2 N–H and O–H groups in total. The molecule has 108 valence electrons. The van der Waals surface area contributed by atoms with Crippen molar-refractivity contribution in [3.05, 3.63) is 53.5 Å². The average molecular weight is 325 g/mol. The Bertz CT molecular complexity index is 932. The minimum absolute atomic E-state index is 0.223. The van der Waals surface area contributed by atoms with Gasteiger partial charge in [0.2, 0.25) is 0 Å². The van der Waals surface area contributed by atoms with E-state index >= 15 is 0 Å². The normalized spacial score (nSPS) is 10.9. The number of hydrogen-bond acceptors (Lipinski definition) is 6. The molecule has 0 amide bonds. The lowest BCUT2D eigenvalue weighted by atomic mass is 10.2. The fourth-order valence-electron chi connectivity index (χ4n) is 2.21. The van der Waals surface area contributed by atoms with E-state index in [1.807, 2.05) is 6.07 Å². The van der Waals surface area contributed by atoms with E-state index in [-0.39, 0.29) is 5.75 Å². The van der Waals surface area contributed by atoms with Gasteiger partial charge in [0.1, 0.15) is 12.1 Å². The standard InChI is InChI=1S/C16H11N3OS2/c20-12-3-1-2-11(6-12)19-16-15-13(17-9-18-16)7-14(22-15)10-4-5-21-8-10/h1-9,20H,(H,17,18,19). The Morgan fingerprint density at radius 2 is 2.05 bits per heavy atom. The van der Waals surface area contributed by atoms with Gasteiger partial charge in [-0.25, -0.2) is 9.97 Å². The van der Waals surface area contributed by atoms with E-state index in [1.165, 1.54) is 10.4 Å². The molecule has 22 heavy (non-hydrogen) atoms. The highest BCUT2D eigenvalue weighted by Crippen LogP contribution is 2.37. The molecule has 3 heterocycles. The molecule has 0 aliphatic heterocycles. The molecule has 3 aromatic heterocycles. The molecule has 6 heteroatoms. The summed E-state index contributed by atoms with van der Waals surface area (Å²) < 4.78 is 1.01. The summed E-state index contributed by atoms with van der Waals surface area (Å²) in [6.45, 7) is 0. The van der Waals surface area contributed by atoms with E-state index in [2.05, 4.69) is 38.2 Å². The van der Waals surface area contributed by atoms with E-state index in [0.717, 1.165) is 21.7 Å². The highest BCUT2D eigenvalue weighted by atomic mass is 32.1. The Hall–Kier alpha value is -2.44. The van der Waals surface area contributed by atoms with E-state index in [9.17, 15) is 5.11 Å². The number of rotatable bonds is 3. The van der Waals surface area contributed by atoms with Crippen molar-refractivity contribution >= 4 is 44.4 Å². The molecular formula is C16H11N3OS2. The second-order valence-corrected chi connectivity index (χ2v) is 6.57. The molecule has 1 aromatic carbocycles. The largest absolute Gasteiger partial charge is 0.508 e. The molecule has 0 fully saturated rings. The summed E-state index contributed by atoms with van der Waals surface area (Å²) in [5.41, 5.74) is 2.92. The molecule has 0 saturated heterocycles. The molecule has 0 radical (unpaired) electrons. The van der Waals surface area contributed by atoms with Gasteiger partial charge < -0.3 is 10.4 Å². The smallest absolute Gasteiger partial charge is 0.151 e. The first kappa shape index (κ1) is 13.2. The van der Waals surface area contributed by atoms with E-state index in [1.54, 1.807) is 47.2 Å². The highest BCUT2D eigenvalue weighted by Gasteiger charge is 2.11. The third kappa shape index (κ3) is 2.43. The number of nitrogens with one attached hydrogen (secondary N) is 1. The van der Waals surface area contributed by atoms with Crippen LogP contribution in [0.3, 0.4) is 0 Å². The minimum atomic E-state index is 0.223. The average Bonchev–Trinajstić information content (AvgIpc) is 3.17. The number of aromatic hydroxyl groups is 1. The minimum Gasteiger partial charge on any atom is -0.508 e. The van der Waals surface area contributed by atoms with Crippen molar-refractivity contribution in [1.82, 2.24) is 9.97 Å². The Labute approximate surface area is 134 Å². The van der Waals surface area contributed by atoms with Crippen LogP contribution < -0.4 is 5.32 Å². The van der Waals surface area contributed by atoms with Gasteiger partial charge in [0.15, 0.2) is 5.82 Å². The highest BCUT2D eigenvalue weighted by molar-refractivity contribution is 7.23. The van der Waals surface area contributed by atoms with Crippen LogP contribution in [0.15, 0.2) is 53.5 Å². The van der Waals surface area contributed by atoms with Crippen molar-refractivity contribution < 1.29 is 5.11 Å². The van der Waals surface area contributed by atoms with Gasteiger partial charge in [-0.15, -0.1) is 11.3 Å². The topological polar surface area (TPSA) is 58.0 Å². The number of phenolic OH excluding ortho intramolecular Hbond substituents is 1. The second-order valence-electron chi connectivity index (χ2n) is 4.73. The third-order valence-corrected chi connectivity index (χ3v) is 5.09. The molecule has 4 nitrogen and oxygen atoms in total. The maximum atomic E-state index is 9.56. The summed E-state index contributed by atoms with van der Waals surface area (Å²) >= 11 is 3.34. The molecule has 4 aromatic rings. The van der Waals surface area contributed by atoms with Crippen LogP contribution in [0.25, 0.3) is 20.7 Å². The number of fused-ring (bicyclic) bond motifs is 1. The van der Waals surface area contributed by atoms with Crippen molar-refractivity contribution in [3.8, 4) is 16.2 Å². The van der Waals surface area contributed by atoms with Gasteiger partial charge in [0, 0.05) is 22.2 Å². The van der Waals surface area contributed by atoms with Gasteiger partial charge in [-0.1, -0.05) is 6.07 Å². The lowest BCUT2D eigenvalue weighted by molar-refractivity contribution is 0.475. The van der Waals surface area contributed by atoms with Gasteiger partial charge >= 0.3 is 0 Å². The van der Waals surface area contributed by atoms with Crippen molar-refractivity contribution in [1.29, 1.82) is 0 Å². The number of anilines is 2. The van der Waals surface area contributed by atoms with Crippen LogP contribution in [0, 0.1) is 0 Å². The molecule has 0 bridgehead atoms. The van der Waals surface area contributed by atoms with E-state index < -0.39 is 0 Å². The van der Waals surface area contributed by atoms with Gasteiger partial charge in [0.05, 0.1) is 10.2 Å².